The van der Waals surface area contributed by atoms with Crippen molar-refractivity contribution in [2.45, 2.75) is 26.3 Å². The number of amides is 1. The van der Waals surface area contributed by atoms with E-state index in [4.69, 9.17) is 4.74 Å². The summed E-state index contributed by atoms with van der Waals surface area (Å²) in [5.41, 5.74) is 5.79. The molecule has 1 heterocycles. The van der Waals surface area contributed by atoms with E-state index in [-0.39, 0.29) is 11.8 Å². The molecule has 0 saturated carbocycles. The third-order valence-corrected chi connectivity index (χ3v) is 5.65. The first-order valence-electron chi connectivity index (χ1n) is 9.50. The van der Waals surface area contributed by atoms with Gasteiger partial charge in [0.2, 0.25) is 5.91 Å². The van der Waals surface area contributed by atoms with Crippen LogP contribution in [0.3, 0.4) is 0 Å². The van der Waals surface area contributed by atoms with Crippen LogP contribution in [-0.2, 0) is 11.3 Å². The molecule has 0 spiro atoms. The fraction of sp³-hybridized carbons (Fsp3) is 0.364. The van der Waals surface area contributed by atoms with Crippen LogP contribution in [0.5, 0.6) is 5.75 Å². The average Bonchev–Trinajstić information content (AvgIpc) is 2.74. The highest BCUT2D eigenvalue weighted by molar-refractivity contribution is 9.10. The first kappa shape index (κ1) is 20.6. The molecule has 0 radical (unpaired) electrons. The second-order valence-electron chi connectivity index (χ2n) is 7.08. The number of benzene rings is 2. The molecule has 0 unspecified atom stereocenters. The molecule has 148 valence electrons. The Morgan fingerprint density at radius 1 is 1.14 bits per heavy atom. The molecule has 0 atom stereocenters. The molecule has 5 nitrogen and oxygen atoms in total. The van der Waals surface area contributed by atoms with Crippen molar-refractivity contribution in [2.24, 2.45) is 11.0 Å². The van der Waals surface area contributed by atoms with Crippen molar-refractivity contribution in [3.8, 4) is 5.75 Å². The van der Waals surface area contributed by atoms with E-state index in [9.17, 15) is 4.79 Å². The van der Waals surface area contributed by atoms with Gasteiger partial charge in [0.15, 0.2) is 0 Å². The van der Waals surface area contributed by atoms with E-state index in [1.807, 2.05) is 31.2 Å². The Balaban J connectivity index is 1.47. The zero-order valence-corrected chi connectivity index (χ0v) is 17.9. The summed E-state index contributed by atoms with van der Waals surface area (Å²) in [6.45, 7) is 4.67. The van der Waals surface area contributed by atoms with E-state index < -0.39 is 0 Å². The molecule has 28 heavy (non-hydrogen) atoms. The molecule has 1 fully saturated rings. The third-order valence-electron chi connectivity index (χ3n) is 5.12. The highest BCUT2D eigenvalue weighted by atomic mass is 79.9. The van der Waals surface area contributed by atoms with Crippen LogP contribution in [0.2, 0.25) is 0 Å². The molecule has 2 aromatic rings. The van der Waals surface area contributed by atoms with Crippen molar-refractivity contribution in [3.05, 3.63) is 64.1 Å². The number of methoxy groups -OCH3 is 1. The van der Waals surface area contributed by atoms with Gasteiger partial charge in [-0.15, -0.1) is 0 Å². The van der Waals surface area contributed by atoms with E-state index in [0.717, 1.165) is 54.0 Å². The van der Waals surface area contributed by atoms with Crippen LogP contribution < -0.4 is 10.2 Å². The number of hydrogen-bond donors (Lipinski definition) is 1. The minimum Gasteiger partial charge on any atom is -0.497 e. The van der Waals surface area contributed by atoms with Gasteiger partial charge < -0.3 is 4.74 Å². The number of hydrogen-bond acceptors (Lipinski definition) is 4. The average molecular weight is 444 g/mol. The van der Waals surface area contributed by atoms with Crippen molar-refractivity contribution in [1.29, 1.82) is 0 Å². The summed E-state index contributed by atoms with van der Waals surface area (Å²) in [7, 11) is 1.64. The van der Waals surface area contributed by atoms with Gasteiger partial charge in [-0.3, -0.25) is 9.69 Å². The lowest BCUT2D eigenvalue weighted by atomic mass is 9.96. The lowest BCUT2D eigenvalue weighted by Crippen LogP contribution is -2.39. The predicted molar refractivity (Wildman–Crippen MR) is 115 cm³/mol. The SMILES string of the molecule is COc1ccc(/C(C)=N\NC(=O)C2CCN(Cc3ccc(Br)cc3)CC2)cc1. The highest BCUT2D eigenvalue weighted by Gasteiger charge is 2.24. The number of carbonyl (C=O) groups excluding carboxylic acids is 1. The van der Waals surface area contributed by atoms with Gasteiger partial charge in [-0.1, -0.05) is 28.1 Å². The number of carbonyl (C=O) groups is 1. The second kappa shape index (κ2) is 9.85. The van der Waals surface area contributed by atoms with Gasteiger partial charge in [0.1, 0.15) is 5.75 Å². The van der Waals surface area contributed by atoms with Crippen molar-refractivity contribution in [1.82, 2.24) is 10.3 Å². The number of nitrogens with zero attached hydrogens (tertiary/aromatic N) is 2. The lowest BCUT2D eigenvalue weighted by molar-refractivity contribution is -0.126. The quantitative estimate of drug-likeness (QED) is 0.537. The van der Waals surface area contributed by atoms with Crippen LogP contribution in [0.25, 0.3) is 0 Å². The van der Waals surface area contributed by atoms with Gasteiger partial charge in [0.25, 0.3) is 0 Å². The molecule has 6 heteroatoms. The summed E-state index contributed by atoms with van der Waals surface area (Å²) in [4.78, 5) is 14.9. The minimum atomic E-state index is 0.0103. The Morgan fingerprint density at radius 3 is 2.39 bits per heavy atom. The second-order valence-corrected chi connectivity index (χ2v) is 7.99. The zero-order valence-electron chi connectivity index (χ0n) is 16.3. The molecule has 1 saturated heterocycles. The van der Waals surface area contributed by atoms with Gasteiger partial charge in [-0.05, 0) is 80.4 Å². The number of halogens is 1. The largest absolute Gasteiger partial charge is 0.497 e. The molecule has 3 rings (SSSR count). The zero-order chi connectivity index (χ0) is 19.9. The Labute approximate surface area is 174 Å². The summed E-state index contributed by atoms with van der Waals surface area (Å²) in [6.07, 6.45) is 1.72. The summed E-state index contributed by atoms with van der Waals surface area (Å²) < 4.78 is 6.26. The Kier molecular flexibility index (Phi) is 7.23. The van der Waals surface area contributed by atoms with Crippen LogP contribution in [0.15, 0.2) is 58.1 Å². The Morgan fingerprint density at radius 2 is 1.79 bits per heavy atom. The van der Waals surface area contributed by atoms with E-state index in [1.165, 1.54) is 5.56 Å². The maximum atomic E-state index is 12.5. The van der Waals surface area contributed by atoms with Crippen LogP contribution >= 0.6 is 15.9 Å². The fourth-order valence-corrected chi connectivity index (χ4v) is 3.59. The molecule has 0 aliphatic carbocycles. The Bertz CT molecular complexity index is 811. The fourth-order valence-electron chi connectivity index (χ4n) is 3.33. The normalized spacial score (nSPS) is 16.0. The van der Waals surface area contributed by atoms with Crippen molar-refractivity contribution in [3.63, 3.8) is 0 Å². The maximum Gasteiger partial charge on any atom is 0.243 e. The lowest BCUT2D eigenvalue weighted by Gasteiger charge is -2.30. The van der Waals surface area contributed by atoms with Crippen LogP contribution in [-0.4, -0.2) is 36.7 Å². The van der Waals surface area contributed by atoms with E-state index in [1.54, 1.807) is 7.11 Å². The number of rotatable bonds is 6. The summed E-state index contributed by atoms with van der Waals surface area (Å²) in [5.74, 6) is 0.834. The summed E-state index contributed by atoms with van der Waals surface area (Å²) in [5, 5.41) is 4.28. The number of hydrazone groups is 1. The van der Waals surface area contributed by atoms with Gasteiger partial charge in [0, 0.05) is 16.9 Å². The molecule has 2 aromatic carbocycles. The Hall–Kier alpha value is -2.18. The topological polar surface area (TPSA) is 53.9 Å². The first-order valence-corrected chi connectivity index (χ1v) is 10.3. The standard InChI is InChI=1S/C22H26BrN3O2/c1-16(18-5-9-21(28-2)10-6-18)24-25-22(27)19-11-13-26(14-12-19)15-17-3-7-20(23)8-4-17/h3-10,19H,11-15H2,1-2H3,(H,25,27)/b24-16-. The van der Waals surface area contributed by atoms with Crippen LogP contribution in [0, 0.1) is 5.92 Å². The smallest absolute Gasteiger partial charge is 0.243 e. The van der Waals surface area contributed by atoms with Gasteiger partial charge >= 0.3 is 0 Å². The van der Waals surface area contributed by atoms with Gasteiger partial charge in [-0.25, -0.2) is 5.43 Å². The van der Waals surface area contributed by atoms with Crippen molar-refractivity contribution >= 4 is 27.5 Å². The highest BCUT2D eigenvalue weighted by Crippen LogP contribution is 2.20. The summed E-state index contributed by atoms with van der Waals surface area (Å²) in [6, 6.07) is 16.1. The summed E-state index contributed by atoms with van der Waals surface area (Å²) >= 11 is 3.47. The van der Waals surface area contributed by atoms with Crippen molar-refractivity contribution < 1.29 is 9.53 Å². The number of piperidine rings is 1. The number of ether oxygens (including phenoxy) is 1. The molecule has 1 aliphatic heterocycles. The van der Waals surface area contributed by atoms with Gasteiger partial charge in [0.05, 0.1) is 12.8 Å². The monoisotopic (exact) mass is 443 g/mol. The predicted octanol–water partition coefficient (Wildman–Crippen LogP) is 4.21. The molecule has 1 amide bonds. The molecular weight excluding hydrogens is 418 g/mol. The van der Waals surface area contributed by atoms with E-state index in [0.29, 0.717) is 0 Å². The van der Waals surface area contributed by atoms with Crippen LogP contribution in [0.4, 0.5) is 0 Å². The maximum absolute atomic E-state index is 12.5. The molecule has 1 N–H and O–H groups in total. The van der Waals surface area contributed by atoms with E-state index in [2.05, 4.69) is 55.6 Å². The minimum absolute atomic E-state index is 0.0103. The van der Waals surface area contributed by atoms with Crippen molar-refractivity contribution in [2.75, 3.05) is 20.2 Å². The van der Waals surface area contributed by atoms with Crippen LogP contribution in [0.1, 0.15) is 30.9 Å². The number of likely N-dealkylation sites (tertiary alicyclic amines) is 1. The molecule has 0 bridgehead atoms. The number of nitrogens with one attached hydrogen (secondary N) is 1. The van der Waals surface area contributed by atoms with E-state index >= 15 is 0 Å². The van der Waals surface area contributed by atoms with Gasteiger partial charge in [-0.2, -0.15) is 5.10 Å². The molecule has 0 aromatic heterocycles. The third kappa shape index (κ3) is 5.66. The molecule has 1 aliphatic rings. The first-order chi connectivity index (χ1) is 13.5. The molecular formula is C22H26BrN3O2.